The number of nitrogens with two attached hydrogens (primary N) is 1. The van der Waals surface area contributed by atoms with Gasteiger partial charge in [-0.2, -0.15) is 0 Å². The number of hydrogen-bond acceptors (Lipinski definition) is 7. The summed E-state index contributed by atoms with van der Waals surface area (Å²) in [6.45, 7) is -0.0263. The average molecular weight is 519 g/mol. The maximum Gasteiger partial charge on any atom is 0.251 e. The number of rotatable bonds is 8. The van der Waals surface area contributed by atoms with Gasteiger partial charge in [0.15, 0.2) is 5.13 Å². The van der Waals surface area contributed by atoms with Crippen LogP contribution < -0.4 is 16.4 Å². The van der Waals surface area contributed by atoms with Crippen LogP contribution in [0.25, 0.3) is 11.3 Å². The molecule has 2 heterocycles. The second-order valence-corrected chi connectivity index (χ2v) is 9.63. The van der Waals surface area contributed by atoms with E-state index in [9.17, 15) is 19.2 Å². The molecule has 1 radical (unpaired) electrons. The third-order valence-electron chi connectivity index (χ3n) is 6.06. The van der Waals surface area contributed by atoms with Crippen LogP contribution >= 0.6 is 11.3 Å². The first-order valence-corrected chi connectivity index (χ1v) is 12.6. The van der Waals surface area contributed by atoms with Gasteiger partial charge in [0.2, 0.25) is 11.8 Å². The van der Waals surface area contributed by atoms with Crippen LogP contribution in [0, 0.1) is 6.42 Å². The van der Waals surface area contributed by atoms with Gasteiger partial charge in [-0.15, -0.1) is 11.3 Å². The third-order valence-corrected chi connectivity index (χ3v) is 6.82. The Kier molecular flexibility index (Phi) is 6.97. The number of thiazole rings is 1. The first-order valence-electron chi connectivity index (χ1n) is 11.7. The monoisotopic (exact) mass is 518 g/mol. The van der Waals surface area contributed by atoms with E-state index in [0.717, 1.165) is 18.4 Å². The molecule has 2 aliphatic rings. The average Bonchev–Trinajstić information content (AvgIpc) is 3.36. The molecule has 0 spiro atoms. The molecule has 4 N–H and O–H groups in total. The summed E-state index contributed by atoms with van der Waals surface area (Å²) in [5.41, 5.74) is 8.02. The first kappa shape index (κ1) is 24.6. The molecule has 3 aromatic rings. The second kappa shape index (κ2) is 10.5. The number of anilines is 1. The predicted molar refractivity (Wildman–Crippen MR) is 136 cm³/mol. The minimum absolute atomic E-state index is 0.0332. The van der Waals surface area contributed by atoms with E-state index < -0.39 is 23.8 Å². The van der Waals surface area contributed by atoms with Crippen molar-refractivity contribution in [3.05, 3.63) is 77.0 Å². The van der Waals surface area contributed by atoms with Gasteiger partial charge in [-0.3, -0.25) is 19.2 Å². The van der Waals surface area contributed by atoms with Gasteiger partial charge in [-0.25, -0.2) is 4.98 Å². The Bertz CT molecular complexity index is 1350. The van der Waals surface area contributed by atoms with Crippen molar-refractivity contribution < 1.29 is 23.9 Å². The van der Waals surface area contributed by atoms with Crippen molar-refractivity contribution in [2.45, 2.75) is 24.9 Å². The van der Waals surface area contributed by atoms with E-state index >= 15 is 0 Å². The van der Waals surface area contributed by atoms with Gasteiger partial charge in [0.05, 0.1) is 18.7 Å². The standard InChI is InChI=1S/C26H24N5O5S/c27-23(33)19-4-2-1-3-17(19)11-22(32)31-14-36-12-21(31)25(35)30-26-29-20(13-37-26)15-5-7-16(8-6-15)24(34)28-18-9-10-18/h1-8,11,13,18,21H,9-10,12,14H2,(H2,27,33)(H,28,34)(H,29,30,35)/t21-/m0/s1. The lowest BCUT2D eigenvalue weighted by Gasteiger charge is -2.21. The molecule has 1 saturated carbocycles. The maximum absolute atomic E-state index is 13.0. The molecule has 1 atom stereocenters. The van der Waals surface area contributed by atoms with Crippen molar-refractivity contribution in [1.29, 1.82) is 0 Å². The summed E-state index contributed by atoms with van der Waals surface area (Å²) in [6.07, 6.45) is 3.32. The molecule has 1 aliphatic heterocycles. The minimum atomic E-state index is -0.860. The Balaban J connectivity index is 1.21. The van der Waals surface area contributed by atoms with Crippen LogP contribution in [0.4, 0.5) is 5.13 Å². The Labute approximate surface area is 216 Å². The van der Waals surface area contributed by atoms with Crippen molar-refractivity contribution >= 4 is 40.1 Å². The van der Waals surface area contributed by atoms with Crippen molar-refractivity contribution in [2.24, 2.45) is 5.73 Å². The van der Waals surface area contributed by atoms with Gasteiger partial charge in [-0.1, -0.05) is 30.3 Å². The number of ether oxygens (including phenoxy) is 1. The van der Waals surface area contributed by atoms with Crippen LogP contribution in [-0.2, 0) is 14.3 Å². The molecule has 1 aliphatic carbocycles. The maximum atomic E-state index is 13.0. The number of primary amides is 1. The van der Waals surface area contributed by atoms with Crippen molar-refractivity contribution in [2.75, 3.05) is 18.7 Å². The Morgan fingerprint density at radius 1 is 1.08 bits per heavy atom. The molecule has 0 bridgehead atoms. The van der Waals surface area contributed by atoms with E-state index in [4.69, 9.17) is 10.5 Å². The number of nitrogens with zero attached hydrogens (tertiary/aromatic N) is 2. The van der Waals surface area contributed by atoms with Crippen LogP contribution in [0.1, 0.15) is 39.1 Å². The summed E-state index contributed by atoms with van der Waals surface area (Å²) >= 11 is 1.25. The smallest absolute Gasteiger partial charge is 0.251 e. The zero-order valence-corrected chi connectivity index (χ0v) is 20.5. The minimum Gasteiger partial charge on any atom is -0.366 e. The Morgan fingerprint density at radius 2 is 1.84 bits per heavy atom. The van der Waals surface area contributed by atoms with Gasteiger partial charge in [0.25, 0.3) is 11.8 Å². The van der Waals surface area contributed by atoms with Gasteiger partial charge >= 0.3 is 0 Å². The normalized spacial score (nSPS) is 16.9. The fourth-order valence-electron chi connectivity index (χ4n) is 3.88. The Morgan fingerprint density at radius 3 is 2.57 bits per heavy atom. The van der Waals surface area contributed by atoms with Crippen molar-refractivity contribution in [1.82, 2.24) is 15.2 Å². The highest BCUT2D eigenvalue weighted by Crippen LogP contribution is 2.26. The number of benzene rings is 2. The van der Waals surface area contributed by atoms with E-state index in [2.05, 4.69) is 15.6 Å². The zero-order valence-electron chi connectivity index (χ0n) is 19.7. The molecule has 0 unspecified atom stereocenters. The molecule has 37 heavy (non-hydrogen) atoms. The number of nitrogens with one attached hydrogen (secondary N) is 2. The number of amides is 4. The van der Waals surface area contributed by atoms with Gasteiger partial charge < -0.3 is 26.0 Å². The number of aromatic nitrogens is 1. The summed E-state index contributed by atoms with van der Waals surface area (Å²) in [5, 5.41) is 7.88. The van der Waals surface area contributed by atoms with Gasteiger partial charge in [-0.05, 0) is 36.6 Å². The third kappa shape index (κ3) is 5.68. The predicted octanol–water partition coefficient (Wildman–Crippen LogP) is 2.18. The number of carbonyl (C=O) groups excluding carboxylic acids is 4. The second-order valence-electron chi connectivity index (χ2n) is 8.77. The number of hydrogen-bond donors (Lipinski definition) is 3. The topological polar surface area (TPSA) is 144 Å². The highest BCUT2D eigenvalue weighted by atomic mass is 32.1. The van der Waals surface area contributed by atoms with Gasteiger partial charge in [0.1, 0.15) is 12.8 Å². The van der Waals surface area contributed by atoms with E-state index in [1.165, 1.54) is 28.7 Å². The summed E-state index contributed by atoms with van der Waals surface area (Å²) in [5.74, 6) is -1.65. The summed E-state index contributed by atoms with van der Waals surface area (Å²) in [4.78, 5) is 55.5. The fraction of sp³-hybridized carbons (Fsp3) is 0.231. The van der Waals surface area contributed by atoms with Crippen LogP contribution in [0.3, 0.4) is 0 Å². The van der Waals surface area contributed by atoms with Crippen molar-refractivity contribution in [3.8, 4) is 11.3 Å². The van der Waals surface area contributed by atoms with Gasteiger partial charge in [0, 0.05) is 28.1 Å². The fourth-order valence-corrected chi connectivity index (χ4v) is 4.60. The molecule has 1 saturated heterocycles. The van der Waals surface area contributed by atoms with E-state index in [1.54, 1.807) is 35.7 Å². The molecular weight excluding hydrogens is 494 g/mol. The van der Waals surface area contributed by atoms with Crippen LogP contribution in [0.15, 0.2) is 53.9 Å². The molecule has 4 amide bonds. The van der Waals surface area contributed by atoms with Crippen LogP contribution in [0.5, 0.6) is 0 Å². The number of carbonyl (C=O) groups is 4. The SMILES string of the molecule is NC(=O)c1ccccc1[CH]C(=O)N1COC[C@H]1C(=O)Nc1nc(-c2ccc(C(=O)NC3CC3)cc2)cs1. The molecule has 1 aromatic heterocycles. The lowest BCUT2D eigenvalue weighted by molar-refractivity contribution is -0.133. The molecule has 189 valence electrons. The zero-order chi connectivity index (χ0) is 25.9. The highest BCUT2D eigenvalue weighted by Gasteiger charge is 2.36. The Hall–Kier alpha value is -4.09. The van der Waals surface area contributed by atoms with E-state index in [0.29, 0.717) is 22.0 Å². The summed E-state index contributed by atoms with van der Waals surface area (Å²) < 4.78 is 5.38. The molecule has 5 rings (SSSR count). The molecule has 10 nitrogen and oxygen atoms in total. The summed E-state index contributed by atoms with van der Waals surface area (Å²) in [7, 11) is 0. The lowest BCUT2D eigenvalue weighted by Crippen LogP contribution is -2.44. The molecule has 2 fully saturated rings. The van der Waals surface area contributed by atoms with Crippen molar-refractivity contribution in [3.63, 3.8) is 0 Å². The lowest BCUT2D eigenvalue weighted by atomic mass is 10.0. The summed E-state index contributed by atoms with van der Waals surface area (Å²) in [6, 6.07) is 13.0. The first-order chi connectivity index (χ1) is 17.9. The molecular formula is C26H24N5O5S. The highest BCUT2D eigenvalue weighted by molar-refractivity contribution is 7.14. The van der Waals surface area contributed by atoms with Crippen LogP contribution in [-0.4, -0.2) is 58.9 Å². The van der Waals surface area contributed by atoms with E-state index in [-0.39, 0.29) is 30.9 Å². The van der Waals surface area contributed by atoms with Crippen LogP contribution in [0.2, 0.25) is 0 Å². The van der Waals surface area contributed by atoms with E-state index in [1.807, 2.05) is 12.1 Å². The largest absolute Gasteiger partial charge is 0.366 e. The molecule has 11 heteroatoms. The molecule has 2 aromatic carbocycles. The quantitative estimate of drug-likeness (QED) is 0.417.